The molecule has 136 valence electrons. The average molecular weight is 415 g/mol. The van der Waals surface area contributed by atoms with E-state index in [0.29, 0.717) is 6.42 Å². The summed E-state index contributed by atoms with van der Waals surface area (Å²) < 4.78 is 12.9. The van der Waals surface area contributed by atoms with Crippen LogP contribution in [0.3, 0.4) is 0 Å². The second-order valence-electron chi connectivity index (χ2n) is 7.98. The minimum Gasteiger partial charge on any atom is -0.497 e. The maximum absolute atomic E-state index is 12.0. The van der Waals surface area contributed by atoms with E-state index >= 15 is 0 Å². The summed E-state index contributed by atoms with van der Waals surface area (Å²) in [6.07, 6.45) is 0.589. The summed E-state index contributed by atoms with van der Waals surface area (Å²) in [6.45, 7) is 14.7. The highest BCUT2D eigenvalue weighted by Crippen LogP contribution is 2.39. The van der Waals surface area contributed by atoms with E-state index in [4.69, 9.17) is 9.16 Å². The molecule has 0 unspecified atom stereocenters. The zero-order valence-electron chi connectivity index (χ0n) is 16.2. The second-order valence-corrected chi connectivity index (χ2v) is 13.6. The Morgan fingerprint density at radius 2 is 1.88 bits per heavy atom. The van der Waals surface area contributed by atoms with Crippen molar-refractivity contribution in [2.45, 2.75) is 65.3 Å². The van der Waals surface area contributed by atoms with Crippen LogP contribution in [-0.4, -0.2) is 27.3 Å². The Hall–Kier alpha value is -0.653. The first-order valence-electron chi connectivity index (χ1n) is 8.39. The lowest BCUT2D eigenvalue weighted by atomic mass is 9.95. The number of halogens is 1. The summed E-state index contributed by atoms with van der Waals surface area (Å²) >= 11 is 3.61. The lowest BCUT2D eigenvalue weighted by Gasteiger charge is -2.40. The normalized spacial score (nSPS) is 15.0. The van der Waals surface area contributed by atoms with Gasteiger partial charge in [-0.2, -0.15) is 0 Å². The number of hydrogen-bond acceptors (Lipinski definition) is 3. The van der Waals surface area contributed by atoms with Crippen LogP contribution in [-0.2, 0) is 15.6 Å². The molecule has 0 N–H and O–H groups in total. The maximum atomic E-state index is 12.0. The van der Waals surface area contributed by atoms with E-state index in [2.05, 4.69) is 49.8 Å². The van der Waals surface area contributed by atoms with Gasteiger partial charge >= 0.3 is 0 Å². The van der Waals surface area contributed by atoms with Crippen LogP contribution < -0.4 is 4.74 Å². The molecule has 0 radical (unpaired) electrons. The highest BCUT2D eigenvalue weighted by molar-refractivity contribution is 9.10. The second kappa shape index (κ2) is 8.15. The molecule has 1 aromatic rings. The number of hydrogen-bond donors (Lipinski definition) is 0. The number of rotatable bonds is 7. The molecule has 0 aliphatic rings. The fourth-order valence-electron chi connectivity index (χ4n) is 2.17. The van der Waals surface area contributed by atoms with Crippen LogP contribution in [0.5, 0.6) is 5.75 Å². The molecule has 3 nitrogen and oxygen atoms in total. The van der Waals surface area contributed by atoms with Gasteiger partial charge in [0, 0.05) is 10.4 Å². The van der Waals surface area contributed by atoms with Crippen molar-refractivity contribution in [1.82, 2.24) is 0 Å². The summed E-state index contributed by atoms with van der Waals surface area (Å²) in [4.78, 5) is 12.0. The van der Waals surface area contributed by atoms with Gasteiger partial charge in [-0.15, -0.1) is 0 Å². The van der Waals surface area contributed by atoms with Gasteiger partial charge in [-0.25, -0.2) is 0 Å². The van der Waals surface area contributed by atoms with Gasteiger partial charge in [0.2, 0.25) is 0 Å². The van der Waals surface area contributed by atoms with Gasteiger partial charge in [0.15, 0.2) is 8.32 Å². The summed E-state index contributed by atoms with van der Waals surface area (Å²) in [5.74, 6) is 0.851. The molecule has 0 aliphatic carbocycles. The molecule has 0 heterocycles. The van der Waals surface area contributed by atoms with Crippen molar-refractivity contribution in [1.29, 1.82) is 0 Å². The zero-order valence-corrected chi connectivity index (χ0v) is 18.8. The van der Waals surface area contributed by atoms with Crippen molar-refractivity contribution in [2.75, 3.05) is 7.11 Å². The SMILES string of the molecule is COc1ccc(C[C@H](O[Si](C)(C)C(C)(C)C)[C@@H](C)C(C)=O)c(Br)c1. The van der Waals surface area contributed by atoms with Crippen LogP contribution in [0.15, 0.2) is 22.7 Å². The number of carbonyl (C=O) groups excluding carboxylic acids is 1. The Kier molecular flexibility index (Phi) is 7.26. The maximum Gasteiger partial charge on any atom is 0.192 e. The molecule has 1 rings (SSSR count). The number of ketones is 1. The highest BCUT2D eigenvalue weighted by atomic mass is 79.9. The van der Waals surface area contributed by atoms with Crippen LogP contribution in [0.25, 0.3) is 0 Å². The molecule has 0 spiro atoms. The number of methoxy groups -OCH3 is 1. The van der Waals surface area contributed by atoms with Gasteiger partial charge in [0.05, 0.1) is 13.2 Å². The van der Waals surface area contributed by atoms with Crippen LogP contribution in [0.1, 0.15) is 40.2 Å². The Balaban J connectivity index is 3.10. The van der Waals surface area contributed by atoms with Crippen molar-refractivity contribution in [2.24, 2.45) is 5.92 Å². The Morgan fingerprint density at radius 3 is 2.29 bits per heavy atom. The first kappa shape index (κ1) is 21.4. The highest BCUT2D eigenvalue weighted by Gasteiger charge is 2.40. The van der Waals surface area contributed by atoms with Gasteiger partial charge in [0.1, 0.15) is 11.5 Å². The lowest BCUT2D eigenvalue weighted by molar-refractivity contribution is -0.123. The molecule has 0 amide bonds. The molecular weight excluding hydrogens is 384 g/mol. The lowest BCUT2D eigenvalue weighted by Crippen LogP contribution is -2.47. The standard InChI is InChI=1S/C19H31BrO3Si/c1-13(14(2)21)18(23-24(7,8)19(3,4)5)11-15-9-10-16(22-6)12-17(15)20/h9-10,12-13,18H,11H2,1-8H3/t13-,18-/m0/s1. The first-order valence-corrected chi connectivity index (χ1v) is 12.1. The summed E-state index contributed by atoms with van der Waals surface area (Å²) in [5, 5.41) is 0.110. The molecule has 24 heavy (non-hydrogen) atoms. The van der Waals surface area contributed by atoms with Crippen molar-refractivity contribution in [3.63, 3.8) is 0 Å². The third-order valence-electron chi connectivity index (χ3n) is 5.13. The molecule has 0 saturated heterocycles. The fourth-order valence-corrected chi connectivity index (χ4v) is 4.09. The first-order chi connectivity index (χ1) is 10.9. The van der Waals surface area contributed by atoms with E-state index < -0.39 is 8.32 Å². The smallest absolute Gasteiger partial charge is 0.192 e. The van der Waals surface area contributed by atoms with Crippen molar-refractivity contribution in [3.05, 3.63) is 28.2 Å². The summed E-state index contributed by atoms with van der Waals surface area (Å²) in [5.41, 5.74) is 1.13. The van der Waals surface area contributed by atoms with Gasteiger partial charge in [-0.05, 0) is 49.2 Å². The molecule has 0 saturated carbocycles. The average Bonchev–Trinajstić information content (AvgIpc) is 2.46. The predicted molar refractivity (Wildman–Crippen MR) is 106 cm³/mol. The Morgan fingerprint density at radius 1 is 1.29 bits per heavy atom. The largest absolute Gasteiger partial charge is 0.497 e. The van der Waals surface area contributed by atoms with E-state index in [9.17, 15) is 4.79 Å². The van der Waals surface area contributed by atoms with E-state index in [1.807, 2.05) is 25.1 Å². The minimum atomic E-state index is -1.96. The molecule has 0 aromatic heterocycles. The van der Waals surface area contributed by atoms with E-state index in [0.717, 1.165) is 15.8 Å². The third-order valence-corrected chi connectivity index (χ3v) is 10.4. The summed E-state index contributed by atoms with van der Waals surface area (Å²) in [6, 6.07) is 5.94. The minimum absolute atomic E-state index is 0.110. The molecule has 0 fully saturated rings. The Bertz CT molecular complexity index is 578. The predicted octanol–water partition coefficient (Wildman–Crippen LogP) is 5.62. The van der Waals surface area contributed by atoms with Gasteiger partial charge in [-0.3, -0.25) is 4.79 Å². The third kappa shape index (κ3) is 5.43. The molecule has 0 bridgehead atoms. The van der Waals surface area contributed by atoms with Gasteiger partial charge in [0.25, 0.3) is 0 Å². The molecular formula is C19H31BrO3Si. The van der Waals surface area contributed by atoms with Gasteiger partial charge < -0.3 is 9.16 Å². The van der Waals surface area contributed by atoms with Crippen LogP contribution in [0.4, 0.5) is 0 Å². The number of Topliss-reactive ketones (excluding diaryl/α,β-unsaturated/α-hetero) is 1. The Labute approximate surface area is 156 Å². The fraction of sp³-hybridized carbons (Fsp3) is 0.632. The van der Waals surface area contributed by atoms with E-state index in [1.54, 1.807) is 14.0 Å². The number of carbonyl (C=O) groups is 1. The monoisotopic (exact) mass is 414 g/mol. The quantitative estimate of drug-likeness (QED) is 0.543. The van der Waals surface area contributed by atoms with Crippen molar-refractivity contribution >= 4 is 30.0 Å². The van der Waals surface area contributed by atoms with Gasteiger partial charge in [-0.1, -0.05) is 49.7 Å². The topological polar surface area (TPSA) is 35.5 Å². The van der Waals surface area contributed by atoms with Crippen molar-refractivity contribution in [3.8, 4) is 5.75 Å². The number of benzene rings is 1. The summed E-state index contributed by atoms with van der Waals surface area (Å²) in [7, 11) is -0.302. The molecule has 5 heteroatoms. The van der Waals surface area contributed by atoms with E-state index in [-0.39, 0.29) is 22.8 Å². The number of ether oxygens (including phenoxy) is 1. The van der Waals surface area contributed by atoms with Crippen molar-refractivity contribution < 1.29 is 14.0 Å². The molecule has 2 atom stereocenters. The van der Waals surface area contributed by atoms with E-state index in [1.165, 1.54) is 0 Å². The molecule has 1 aromatic carbocycles. The van der Waals surface area contributed by atoms with Crippen LogP contribution >= 0.6 is 15.9 Å². The van der Waals surface area contributed by atoms with Crippen LogP contribution in [0.2, 0.25) is 18.1 Å². The zero-order chi connectivity index (χ0) is 18.7. The van der Waals surface area contributed by atoms with Crippen LogP contribution in [0, 0.1) is 5.92 Å². The molecule has 0 aliphatic heterocycles.